The second-order valence-corrected chi connectivity index (χ2v) is 4.77. The van der Waals surface area contributed by atoms with Crippen LogP contribution >= 0.6 is 0 Å². The second kappa shape index (κ2) is 8.62. The highest BCUT2D eigenvalue weighted by Gasteiger charge is 2.00. The average molecular weight is 248 g/mol. The highest BCUT2D eigenvalue weighted by molar-refractivity contribution is 5.40. The van der Waals surface area contributed by atoms with Crippen LogP contribution in [0.1, 0.15) is 50.5 Å². The third kappa shape index (κ3) is 5.76. The number of hydrogen-bond acceptors (Lipinski definition) is 2. The lowest BCUT2D eigenvalue weighted by molar-refractivity contribution is 0.403. The Morgan fingerprint density at radius 3 is 2.22 bits per heavy atom. The summed E-state index contributed by atoms with van der Waals surface area (Å²) in [4.78, 5) is 0. The van der Waals surface area contributed by atoms with Crippen LogP contribution in [0.2, 0.25) is 0 Å². The third-order valence-corrected chi connectivity index (χ3v) is 3.16. The molecule has 0 unspecified atom stereocenters. The van der Waals surface area contributed by atoms with Crippen LogP contribution in [0.4, 0.5) is 0 Å². The van der Waals surface area contributed by atoms with Crippen LogP contribution in [0.3, 0.4) is 0 Å². The molecule has 0 heterocycles. The van der Waals surface area contributed by atoms with Crippen molar-refractivity contribution in [2.75, 3.05) is 0 Å². The summed E-state index contributed by atoms with van der Waals surface area (Å²) in [6.07, 6.45) is 11.6. The van der Waals surface area contributed by atoms with E-state index in [1.54, 1.807) is 12.1 Å². The molecule has 1 aromatic rings. The Bertz CT molecular complexity index is 358. The second-order valence-electron chi connectivity index (χ2n) is 4.77. The predicted molar refractivity (Wildman–Crippen MR) is 76.0 cm³/mol. The number of aryl methyl sites for hydroxylation is 1. The van der Waals surface area contributed by atoms with Crippen molar-refractivity contribution in [3.8, 4) is 11.5 Å². The van der Waals surface area contributed by atoms with Gasteiger partial charge in [-0.3, -0.25) is 0 Å². The van der Waals surface area contributed by atoms with Gasteiger partial charge in [-0.15, -0.1) is 6.58 Å². The molecule has 0 fully saturated rings. The van der Waals surface area contributed by atoms with Crippen LogP contribution in [-0.4, -0.2) is 10.2 Å². The molecule has 0 aromatic heterocycles. The number of rotatable bonds is 9. The van der Waals surface area contributed by atoms with E-state index in [2.05, 4.69) is 6.58 Å². The molecule has 0 amide bonds. The molecule has 0 spiro atoms. The van der Waals surface area contributed by atoms with Crippen LogP contribution in [-0.2, 0) is 6.42 Å². The van der Waals surface area contributed by atoms with Crippen LogP contribution in [0.15, 0.2) is 30.9 Å². The largest absolute Gasteiger partial charge is 0.504 e. The van der Waals surface area contributed by atoms with E-state index < -0.39 is 0 Å². The predicted octanol–water partition coefficient (Wildman–Crippen LogP) is 4.56. The molecule has 1 aromatic carbocycles. The van der Waals surface area contributed by atoms with E-state index in [9.17, 15) is 10.2 Å². The topological polar surface area (TPSA) is 40.5 Å². The SMILES string of the molecule is C=CCCCCCCCCc1ccc(O)c(O)c1. The highest BCUT2D eigenvalue weighted by Crippen LogP contribution is 2.25. The maximum atomic E-state index is 9.37. The zero-order valence-electron chi connectivity index (χ0n) is 11.1. The summed E-state index contributed by atoms with van der Waals surface area (Å²) in [6.45, 7) is 3.72. The van der Waals surface area contributed by atoms with Crippen LogP contribution in [0, 0.1) is 0 Å². The fourth-order valence-electron chi connectivity index (χ4n) is 2.05. The van der Waals surface area contributed by atoms with Gasteiger partial charge in [0, 0.05) is 0 Å². The first-order chi connectivity index (χ1) is 8.74. The van der Waals surface area contributed by atoms with Gasteiger partial charge in [0.25, 0.3) is 0 Å². The minimum absolute atomic E-state index is 0.0167. The zero-order valence-corrected chi connectivity index (χ0v) is 11.1. The molecule has 0 atom stereocenters. The molecule has 0 aliphatic carbocycles. The van der Waals surface area contributed by atoms with E-state index >= 15 is 0 Å². The smallest absolute Gasteiger partial charge is 0.157 e. The lowest BCUT2D eigenvalue weighted by Crippen LogP contribution is -1.86. The fourth-order valence-corrected chi connectivity index (χ4v) is 2.05. The summed E-state index contributed by atoms with van der Waals surface area (Å²) in [5.41, 5.74) is 1.09. The van der Waals surface area contributed by atoms with Crippen molar-refractivity contribution in [3.05, 3.63) is 36.4 Å². The van der Waals surface area contributed by atoms with Crippen molar-refractivity contribution in [2.45, 2.75) is 51.4 Å². The summed E-state index contributed by atoms with van der Waals surface area (Å²) in [5, 5.41) is 18.6. The minimum Gasteiger partial charge on any atom is -0.504 e. The van der Waals surface area contributed by atoms with Gasteiger partial charge < -0.3 is 10.2 Å². The maximum Gasteiger partial charge on any atom is 0.157 e. The van der Waals surface area contributed by atoms with Gasteiger partial charge in [-0.2, -0.15) is 0 Å². The Hall–Kier alpha value is -1.44. The van der Waals surface area contributed by atoms with E-state index in [0.29, 0.717) is 0 Å². The quantitative estimate of drug-likeness (QED) is 0.382. The third-order valence-electron chi connectivity index (χ3n) is 3.16. The van der Waals surface area contributed by atoms with Gasteiger partial charge >= 0.3 is 0 Å². The fraction of sp³-hybridized carbons (Fsp3) is 0.500. The molecule has 18 heavy (non-hydrogen) atoms. The van der Waals surface area contributed by atoms with Gasteiger partial charge in [0.15, 0.2) is 11.5 Å². The molecule has 0 saturated heterocycles. The molecule has 2 heteroatoms. The molecule has 1 rings (SSSR count). The van der Waals surface area contributed by atoms with E-state index in [1.807, 2.05) is 12.1 Å². The first-order valence-electron chi connectivity index (χ1n) is 6.86. The van der Waals surface area contributed by atoms with Crippen molar-refractivity contribution in [2.24, 2.45) is 0 Å². The van der Waals surface area contributed by atoms with E-state index in [1.165, 1.54) is 32.1 Å². The normalized spacial score (nSPS) is 10.4. The van der Waals surface area contributed by atoms with Gasteiger partial charge in [0.2, 0.25) is 0 Å². The van der Waals surface area contributed by atoms with E-state index in [0.717, 1.165) is 24.8 Å². The first-order valence-corrected chi connectivity index (χ1v) is 6.86. The zero-order chi connectivity index (χ0) is 13.2. The molecule has 0 aliphatic rings. The summed E-state index contributed by atoms with van der Waals surface area (Å²) in [6, 6.07) is 5.08. The molecular formula is C16H24O2. The molecule has 0 radical (unpaired) electrons. The molecule has 0 aliphatic heterocycles. The maximum absolute atomic E-state index is 9.37. The monoisotopic (exact) mass is 248 g/mol. The van der Waals surface area contributed by atoms with Gasteiger partial charge in [-0.25, -0.2) is 0 Å². The molecule has 100 valence electrons. The van der Waals surface area contributed by atoms with Crippen LogP contribution in [0.5, 0.6) is 11.5 Å². The van der Waals surface area contributed by atoms with Crippen molar-refractivity contribution in [1.29, 1.82) is 0 Å². The Morgan fingerprint density at radius 2 is 1.56 bits per heavy atom. The molecule has 0 saturated carbocycles. The summed E-state index contributed by atoms with van der Waals surface area (Å²) in [7, 11) is 0. The van der Waals surface area contributed by atoms with Crippen molar-refractivity contribution in [1.82, 2.24) is 0 Å². The lowest BCUT2D eigenvalue weighted by atomic mass is 10.0. The van der Waals surface area contributed by atoms with Gasteiger partial charge in [0.05, 0.1) is 0 Å². The van der Waals surface area contributed by atoms with E-state index in [-0.39, 0.29) is 11.5 Å². The van der Waals surface area contributed by atoms with Crippen LogP contribution < -0.4 is 0 Å². The number of unbranched alkanes of at least 4 members (excludes halogenated alkanes) is 6. The van der Waals surface area contributed by atoms with Gasteiger partial charge in [-0.05, 0) is 43.4 Å². The Morgan fingerprint density at radius 1 is 0.889 bits per heavy atom. The number of benzene rings is 1. The number of aromatic hydroxyl groups is 2. The molecular weight excluding hydrogens is 224 g/mol. The first kappa shape index (κ1) is 14.6. The summed E-state index contributed by atoms with van der Waals surface area (Å²) < 4.78 is 0. The minimum atomic E-state index is -0.0408. The highest BCUT2D eigenvalue weighted by atomic mass is 16.3. The van der Waals surface area contributed by atoms with Crippen LogP contribution in [0.25, 0.3) is 0 Å². The lowest BCUT2D eigenvalue weighted by Gasteiger charge is -2.04. The molecule has 2 nitrogen and oxygen atoms in total. The summed E-state index contributed by atoms with van der Waals surface area (Å²) in [5.74, 6) is -0.0575. The number of hydrogen-bond donors (Lipinski definition) is 2. The Kier molecular flexibility index (Phi) is 7.00. The Balaban J connectivity index is 2.07. The molecule has 2 N–H and O–H groups in total. The van der Waals surface area contributed by atoms with Crippen molar-refractivity contribution in [3.63, 3.8) is 0 Å². The number of phenols is 2. The standard InChI is InChI=1S/C16H24O2/c1-2-3-4-5-6-7-8-9-10-14-11-12-15(17)16(18)13-14/h2,11-13,17-18H,1,3-10H2. The average Bonchev–Trinajstić information content (AvgIpc) is 2.37. The Labute approximate surface area is 110 Å². The van der Waals surface area contributed by atoms with Gasteiger partial charge in [-0.1, -0.05) is 37.8 Å². The van der Waals surface area contributed by atoms with Crippen molar-refractivity contribution < 1.29 is 10.2 Å². The van der Waals surface area contributed by atoms with Crippen molar-refractivity contribution >= 4 is 0 Å². The number of allylic oxidation sites excluding steroid dienone is 1. The number of phenolic OH excluding ortho intramolecular Hbond substituents is 2. The molecule has 0 bridgehead atoms. The summed E-state index contributed by atoms with van der Waals surface area (Å²) >= 11 is 0. The van der Waals surface area contributed by atoms with Gasteiger partial charge in [0.1, 0.15) is 0 Å². The van der Waals surface area contributed by atoms with E-state index in [4.69, 9.17) is 0 Å².